The lowest BCUT2D eigenvalue weighted by Crippen LogP contribution is -2.09. The second kappa shape index (κ2) is 7.91. The molecule has 0 saturated heterocycles. The van der Waals surface area contributed by atoms with Gasteiger partial charge in [0.05, 0.1) is 22.1 Å². The third kappa shape index (κ3) is 4.01. The van der Waals surface area contributed by atoms with Crippen LogP contribution in [0.25, 0.3) is 22.1 Å². The topological polar surface area (TPSA) is 110 Å². The Morgan fingerprint density at radius 2 is 1.11 bits per heavy atom. The van der Waals surface area contributed by atoms with Crippen LogP contribution in [0.1, 0.15) is 11.6 Å². The van der Waals surface area contributed by atoms with Gasteiger partial charge >= 0.3 is 11.9 Å². The fraction of sp³-hybridized carbons (Fsp3) is 0.200. The molecule has 0 aliphatic heterocycles. The number of para-hydroxylation sites is 4. The number of benzene rings is 2. The maximum Gasteiger partial charge on any atom is 0.323 e. The summed E-state index contributed by atoms with van der Waals surface area (Å²) < 4.78 is 3.38. The number of carboxylic acids is 2. The average Bonchev–Trinajstić information content (AvgIpc) is 3.12. The number of hydrogen-bond acceptors (Lipinski definition) is 4. The minimum atomic E-state index is -0.851. The van der Waals surface area contributed by atoms with Crippen molar-refractivity contribution in [1.82, 2.24) is 19.1 Å². The van der Waals surface area contributed by atoms with Crippen molar-refractivity contribution in [2.45, 2.75) is 26.9 Å². The fourth-order valence-corrected chi connectivity index (χ4v) is 3.06. The number of rotatable bonds is 4. The predicted molar refractivity (Wildman–Crippen MR) is 104 cm³/mol. The SMILES string of the molecule is Cc1nc2ccccc2n1CC(=O)O.Cc1nc2ccccc2n1CC(=O)O. The number of hydrogen-bond donors (Lipinski definition) is 2. The molecule has 0 amide bonds. The number of aromatic nitrogens is 4. The zero-order chi connectivity index (χ0) is 20.3. The van der Waals surface area contributed by atoms with Crippen LogP contribution in [0.4, 0.5) is 0 Å². The molecule has 4 aromatic rings. The molecule has 2 heterocycles. The molecule has 0 bridgehead atoms. The number of carbonyl (C=O) groups is 2. The molecule has 4 rings (SSSR count). The summed E-state index contributed by atoms with van der Waals surface area (Å²) in [4.78, 5) is 29.8. The summed E-state index contributed by atoms with van der Waals surface area (Å²) in [6.07, 6.45) is 0. The van der Waals surface area contributed by atoms with Gasteiger partial charge in [0.15, 0.2) is 0 Å². The molecule has 0 radical (unpaired) electrons. The molecule has 0 spiro atoms. The van der Waals surface area contributed by atoms with E-state index >= 15 is 0 Å². The van der Waals surface area contributed by atoms with Crippen molar-refractivity contribution in [2.75, 3.05) is 0 Å². The molecule has 0 aliphatic rings. The van der Waals surface area contributed by atoms with Gasteiger partial charge in [-0.2, -0.15) is 0 Å². The first-order valence-electron chi connectivity index (χ1n) is 8.64. The van der Waals surface area contributed by atoms with Crippen LogP contribution in [0.3, 0.4) is 0 Å². The van der Waals surface area contributed by atoms with Crippen molar-refractivity contribution in [3.8, 4) is 0 Å². The van der Waals surface area contributed by atoms with Gasteiger partial charge in [0.25, 0.3) is 0 Å². The molecule has 8 nitrogen and oxygen atoms in total. The molecule has 0 saturated carbocycles. The standard InChI is InChI=1S/2C10H10N2O2/c2*1-7-11-8-4-2-3-5-9(8)12(7)6-10(13)14/h2*2-5H,6H2,1H3,(H,13,14). The molecule has 2 N–H and O–H groups in total. The number of carboxylic acid groups (broad SMARTS) is 2. The number of aryl methyl sites for hydroxylation is 2. The molecule has 0 fully saturated rings. The number of aliphatic carboxylic acids is 2. The van der Waals surface area contributed by atoms with Crippen molar-refractivity contribution in [3.63, 3.8) is 0 Å². The van der Waals surface area contributed by atoms with Crippen LogP contribution in [-0.2, 0) is 22.7 Å². The second-order valence-electron chi connectivity index (χ2n) is 6.26. The van der Waals surface area contributed by atoms with Crippen molar-refractivity contribution in [1.29, 1.82) is 0 Å². The van der Waals surface area contributed by atoms with Crippen LogP contribution in [-0.4, -0.2) is 41.3 Å². The summed E-state index contributed by atoms with van der Waals surface area (Å²) in [6, 6.07) is 15.0. The molecule has 144 valence electrons. The van der Waals surface area contributed by atoms with Crippen LogP contribution < -0.4 is 0 Å². The van der Waals surface area contributed by atoms with Crippen molar-refractivity contribution >= 4 is 34.0 Å². The van der Waals surface area contributed by atoms with E-state index < -0.39 is 11.9 Å². The second-order valence-corrected chi connectivity index (χ2v) is 6.26. The Labute approximate surface area is 160 Å². The first-order valence-corrected chi connectivity index (χ1v) is 8.64. The van der Waals surface area contributed by atoms with Gasteiger partial charge in [-0.05, 0) is 38.1 Å². The van der Waals surface area contributed by atoms with Gasteiger partial charge in [-0.1, -0.05) is 24.3 Å². The zero-order valence-corrected chi connectivity index (χ0v) is 15.5. The quantitative estimate of drug-likeness (QED) is 0.563. The van der Waals surface area contributed by atoms with E-state index in [2.05, 4.69) is 9.97 Å². The molecular formula is C20H20N4O4. The maximum atomic E-state index is 10.6. The van der Waals surface area contributed by atoms with E-state index in [-0.39, 0.29) is 13.1 Å². The molecule has 2 aromatic heterocycles. The van der Waals surface area contributed by atoms with Gasteiger partial charge in [-0.15, -0.1) is 0 Å². The van der Waals surface area contributed by atoms with Crippen molar-refractivity contribution in [3.05, 3.63) is 60.2 Å². The summed E-state index contributed by atoms with van der Waals surface area (Å²) in [5, 5.41) is 17.4. The number of fused-ring (bicyclic) bond motifs is 2. The van der Waals surface area contributed by atoms with E-state index in [0.717, 1.165) is 33.7 Å². The van der Waals surface area contributed by atoms with Crippen molar-refractivity contribution < 1.29 is 19.8 Å². The minimum Gasteiger partial charge on any atom is -0.480 e. The summed E-state index contributed by atoms with van der Waals surface area (Å²) in [7, 11) is 0. The third-order valence-electron chi connectivity index (χ3n) is 4.28. The van der Waals surface area contributed by atoms with Gasteiger partial charge in [0.1, 0.15) is 24.7 Å². The highest BCUT2D eigenvalue weighted by Gasteiger charge is 2.09. The summed E-state index contributed by atoms with van der Waals surface area (Å²) in [5.41, 5.74) is 3.41. The van der Waals surface area contributed by atoms with Crippen molar-refractivity contribution in [2.24, 2.45) is 0 Å². The Morgan fingerprint density at radius 1 is 0.750 bits per heavy atom. The molecule has 8 heteroatoms. The van der Waals surface area contributed by atoms with E-state index in [9.17, 15) is 9.59 Å². The average molecular weight is 380 g/mol. The largest absolute Gasteiger partial charge is 0.480 e. The molecule has 0 unspecified atom stereocenters. The minimum absolute atomic E-state index is 0.0354. The Hall–Kier alpha value is -3.68. The summed E-state index contributed by atoms with van der Waals surface area (Å²) in [5.74, 6) is -0.241. The first-order chi connectivity index (χ1) is 13.4. The molecule has 2 aromatic carbocycles. The highest BCUT2D eigenvalue weighted by Crippen LogP contribution is 2.15. The molecule has 0 aliphatic carbocycles. The Balaban J connectivity index is 0.000000161. The molecule has 0 atom stereocenters. The highest BCUT2D eigenvalue weighted by atomic mass is 16.4. The fourth-order valence-electron chi connectivity index (χ4n) is 3.06. The Kier molecular flexibility index (Phi) is 5.39. The van der Waals surface area contributed by atoms with Gasteiger partial charge in [0.2, 0.25) is 0 Å². The summed E-state index contributed by atoms with van der Waals surface area (Å²) >= 11 is 0. The lowest BCUT2D eigenvalue weighted by atomic mass is 10.3. The maximum absolute atomic E-state index is 10.6. The van der Waals surface area contributed by atoms with Crippen LogP contribution in [0.15, 0.2) is 48.5 Å². The van der Waals surface area contributed by atoms with E-state index in [1.54, 1.807) is 9.13 Å². The molecular weight excluding hydrogens is 360 g/mol. The van der Waals surface area contributed by atoms with Crippen LogP contribution in [0, 0.1) is 13.8 Å². The van der Waals surface area contributed by atoms with E-state index in [0.29, 0.717) is 0 Å². The predicted octanol–water partition coefficient (Wildman–Crippen LogP) is 2.86. The van der Waals surface area contributed by atoms with Gasteiger partial charge in [-0.25, -0.2) is 9.97 Å². The van der Waals surface area contributed by atoms with Gasteiger partial charge < -0.3 is 19.3 Å². The Bertz CT molecular complexity index is 1070. The van der Waals surface area contributed by atoms with Gasteiger partial charge in [0, 0.05) is 0 Å². The number of imidazole rings is 2. The lowest BCUT2D eigenvalue weighted by molar-refractivity contribution is -0.138. The smallest absolute Gasteiger partial charge is 0.323 e. The Morgan fingerprint density at radius 3 is 1.46 bits per heavy atom. The van der Waals surface area contributed by atoms with E-state index in [1.165, 1.54) is 0 Å². The van der Waals surface area contributed by atoms with E-state index in [4.69, 9.17) is 10.2 Å². The molecule has 28 heavy (non-hydrogen) atoms. The van der Waals surface area contributed by atoms with E-state index in [1.807, 2.05) is 62.4 Å². The highest BCUT2D eigenvalue weighted by molar-refractivity contribution is 5.79. The van der Waals surface area contributed by atoms with Crippen LogP contribution in [0.2, 0.25) is 0 Å². The number of nitrogens with zero attached hydrogens (tertiary/aromatic N) is 4. The first kappa shape index (κ1) is 19.1. The van der Waals surface area contributed by atoms with Crippen LogP contribution >= 0.6 is 0 Å². The summed E-state index contributed by atoms with van der Waals surface area (Å²) in [6.45, 7) is 3.55. The lowest BCUT2D eigenvalue weighted by Gasteiger charge is -2.01. The van der Waals surface area contributed by atoms with Gasteiger partial charge in [-0.3, -0.25) is 9.59 Å². The normalized spacial score (nSPS) is 10.6. The zero-order valence-electron chi connectivity index (χ0n) is 15.5. The third-order valence-corrected chi connectivity index (χ3v) is 4.28. The van der Waals surface area contributed by atoms with Crippen LogP contribution in [0.5, 0.6) is 0 Å². The monoisotopic (exact) mass is 380 g/mol.